The van der Waals surface area contributed by atoms with Crippen molar-refractivity contribution >= 4 is 18.2 Å². The molecule has 34 heavy (non-hydrogen) atoms. The summed E-state index contributed by atoms with van der Waals surface area (Å²) in [6, 6.07) is 8.32. The van der Waals surface area contributed by atoms with E-state index in [1.54, 1.807) is 54.5 Å². The van der Waals surface area contributed by atoms with Gasteiger partial charge in [-0.15, -0.1) is 6.58 Å². The monoisotopic (exact) mass is 477 g/mol. The van der Waals surface area contributed by atoms with E-state index in [0.29, 0.717) is 17.9 Å². The van der Waals surface area contributed by atoms with E-state index < -0.39 is 47.6 Å². The maximum Gasteiger partial charge on any atom is 0.420 e. The number of amides is 2. The van der Waals surface area contributed by atoms with Crippen LogP contribution >= 0.6 is 0 Å². The number of hydrogen-bond donors (Lipinski definition) is 0. The number of benzene rings is 1. The number of esters is 1. The molecule has 0 aromatic heterocycles. The van der Waals surface area contributed by atoms with Gasteiger partial charge in [0.2, 0.25) is 0 Å². The summed E-state index contributed by atoms with van der Waals surface area (Å²) in [5.41, 5.74) is -0.784. The molecule has 0 fully saturated rings. The highest BCUT2D eigenvalue weighted by Gasteiger charge is 2.39. The third kappa shape index (κ3) is 10.4. The molecule has 0 aliphatic carbocycles. The Hall–Kier alpha value is -2.87. The van der Waals surface area contributed by atoms with Crippen molar-refractivity contribution in [2.75, 3.05) is 0 Å². The van der Waals surface area contributed by atoms with Gasteiger partial charge in [0, 0.05) is 0 Å². The number of hydrogen-bond acceptors (Lipinski definition) is 7. The molecular formula is C26H39NO7. The highest BCUT2D eigenvalue weighted by Crippen LogP contribution is 2.19. The van der Waals surface area contributed by atoms with E-state index in [-0.39, 0.29) is 0 Å². The number of nitrogens with zero attached hydrogens (tertiary/aromatic N) is 1. The minimum absolute atomic E-state index is 0.332. The number of imide groups is 1. The van der Waals surface area contributed by atoms with Crippen molar-refractivity contribution in [2.24, 2.45) is 0 Å². The van der Waals surface area contributed by atoms with Crippen molar-refractivity contribution in [3.63, 3.8) is 0 Å². The number of carbonyl (C=O) groups excluding carboxylic acids is 3. The summed E-state index contributed by atoms with van der Waals surface area (Å²) in [5.74, 6) is -0.790. The molecule has 0 N–H and O–H groups in total. The Bertz CT molecular complexity index is 796. The Balaban J connectivity index is 2.97. The first-order chi connectivity index (χ1) is 15.6. The molecule has 1 aromatic rings. The fourth-order valence-corrected chi connectivity index (χ4v) is 2.81. The minimum atomic E-state index is -1.29. The summed E-state index contributed by atoms with van der Waals surface area (Å²) in [5, 5.41) is 0. The molecule has 0 aliphatic heterocycles. The first-order valence-electron chi connectivity index (χ1n) is 11.4. The van der Waals surface area contributed by atoms with Gasteiger partial charge in [-0.25, -0.2) is 14.4 Å². The van der Waals surface area contributed by atoms with Crippen LogP contribution in [0.3, 0.4) is 0 Å². The molecule has 0 aliphatic rings. The minimum Gasteiger partial charge on any atom is -0.458 e. The van der Waals surface area contributed by atoms with Gasteiger partial charge in [-0.05, 0) is 67.4 Å². The summed E-state index contributed by atoms with van der Waals surface area (Å²) in [6.07, 6.45) is -1.01. The molecule has 0 saturated carbocycles. The molecule has 190 valence electrons. The zero-order chi connectivity index (χ0) is 26.1. The quantitative estimate of drug-likeness (QED) is 0.258. The molecule has 0 bridgehead atoms. The van der Waals surface area contributed by atoms with E-state index in [0.717, 1.165) is 5.56 Å². The van der Waals surface area contributed by atoms with Gasteiger partial charge in [0.05, 0.1) is 12.7 Å². The van der Waals surface area contributed by atoms with E-state index >= 15 is 0 Å². The summed E-state index contributed by atoms with van der Waals surface area (Å²) < 4.78 is 22.2. The van der Waals surface area contributed by atoms with Crippen LogP contribution < -0.4 is 0 Å². The van der Waals surface area contributed by atoms with Crippen LogP contribution in [0.1, 0.15) is 67.4 Å². The van der Waals surface area contributed by atoms with Gasteiger partial charge in [0.1, 0.15) is 23.3 Å². The van der Waals surface area contributed by atoms with Gasteiger partial charge >= 0.3 is 18.2 Å². The third-order valence-electron chi connectivity index (χ3n) is 4.44. The van der Waals surface area contributed by atoms with E-state index in [1.165, 1.54) is 6.92 Å². The lowest BCUT2D eigenvalue weighted by Crippen LogP contribution is -2.52. The summed E-state index contributed by atoms with van der Waals surface area (Å²) in [7, 11) is 0. The smallest absolute Gasteiger partial charge is 0.420 e. The molecule has 0 spiro atoms. The van der Waals surface area contributed by atoms with Crippen molar-refractivity contribution < 1.29 is 33.3 Å². The van der Waals surface area contributed by atoms with Crippen LogP contribution in [0.4, 0.5) is 9.59 Å². The maximum atomic E-state index is 13.0. The SMILES string of the molecule is C=CCC(OCc1ccccc1)C(C)OC(=O)C(C)N(C(=O)OC(C)(C)C)C(=O)OC(C)(C)C. The number of rotatable bonds is 9. The molecule has 2 amide bonds. The molecule has 0 heterocycles. The van der Waals surface area contributed by atoms with E-state index in [9.17, 15) is 14.4 Å². The summed E-state index contributed by atoms with van der Waals surface area (Å²) in [4.78, 5) is 39.1. The molecule has 1 aromatic carbocycles. The van der Waals surface area contributed by atoms with Gasteiger partial charge in [-0.2, -0.15) is 4.90 Å². The molecule has 3 atom stereocenters. The normalized spacial score (nSPS) is 14.4. The van der Waals surface area contributed by atoms with Crippen LogP contribution in [0.15, 0.2) is 43.0 Å². The molecule has 0 saturated heterocycles. The van der Waals surface area contributed by atoms with Crippen LogP contribution in [0.2, 0.25) is 0 Å². The lowest BCUT2D eigenvalue weighted by molar-refractivity contribution is -0.161. The fraction of sp³-hybridized carbons (Fsp3) is 0.577. The summed E-state index contributed by atoms with van der Waals surface area (Å²) in [6.45, 7) is 17.1. The molecular weight excluding hydrogens is 438 g/mol. The predicted octanol–water partition coefficient (Wildman–Crippen LogP) is 5.64. The second-order valence-corrected chi connectivity index (χ2v) is 10.0. The Labute approximate surface area is 203 Å². The highest BCUT2D eigenvalue weighted by molar-refractivity contribution is 5.94. The van der Waals surface area contributed by atoms with Gasteiger partial charge in [-0.1, -0.05) is 36.4 Å². The molecule has 3 unspecified atom stereocenters. The fourth-order valence-electron chi connectivity index (χ4n) is 2.81. The second kappa shape index (κ2) is 12.6. The molecule has 1 rings (SSSR count). The zero-order valence-corrected chi connectivity index (χ0v) is 21.6. The van der Waals surface area contributed by atoms with Gasteiger partial charge < -0.3 is 18.9 Å². The van der Waals surface area contributed by atoms with Crippen molar-refractivity contribution in [1.29, 1.82) is 0 Å². The van der Waals surface area contributed by atoms with Crippen molar-refractivity contribution in [3.05, 3.63) is 48.6 Å². The average molecular weight is 478 g/mol. The standard InChI is InChI=1S/C26H39NO7/c1-10-14-21(31-17-20-15-12-11-13-16-20)19(3)32-22(28)18(2)27(23(29)33-25(4,5)6)24(30)34-26(7,8)9/h10-13,15-16,18-19,21H,1,14,17H2,2-9H3. The Morgan fingerprint density at radius 3 is 1.88 bits per heavy atom. The van der Waals surface area contributed by atoms with E-state index in [1.807, 2.05) is 30.3 Å². The zero-order valence-electron chi connectivity index (χ0n) is 21.6. The van der Waals surface area contributed by atoms with Gasteiger partial charge in [-0.3, -0.25) is 0 Å². The average Bonchev–Trinajstić information content (AvgIpc) is 2.69. The van der Waals surface area contributed by atoms with E-state index in [2.05, 4.69) is 6.58 Å². The third-order valence-corrected chi connectivity index (χ3v) is 4.44. The first-order valence-corrected chi connectivity index (χ1v) is 11.4. The van der Waals surface area contributed by atoms with Gasteiger partial charge in [0.15, 0.2) is 0 Å². The second-order valence-electron chi connectivity index (χ2n) is 10.0. The molecule has 8 nitrogen and oxygen atoms in total. The Morgan fingerprint density at radius 2 is 1.44 bits per heavy atom. The van der Waals surface area contributed by atoms with Crippen LogP contribution in [-0.2, 0) is 30.3 Å². The molecule has 0 radical (unpaired) electrons. The topological polar surface area (TPSA) is 91.4 Å². The van der Waals surface area contributed by atoms with Crippen LogP contribution in [0.5, 0.6) is 0 Å². The van der Waals surface area contributed by atoms with Crippen molar-refractivity contribution in [1.82, 2.24) is 4.90 Å². The maximum absolute atomic E-state index is 13.0. The number of carbonyl (C=O) groups is 3. The highest BCUT2D eigenvalue weighted by atomic mass is 16.6. The molecule has 8 heteroatoms. The Morgan fingerprint density at radius 1 is 0.941 bits per heavy atom. The lowest BCUT2D eigenvalue weighted by atomic mass is 10.1. The van der Waals surface area contributed by atoms with Gasteiger partial charge in [0.25, 0.3) is 0 Å². The lowest BCUT2D eigenvalue weighted by Gasteiger charge is -2.32. The van der Waals surface area contributed by atoms with Crippen LogP contribution in [0.25, 0.3) is 0 Å². The number of ether oxygens (including phenoxy) is 4. The Kier molecular flexibility index (Phi) is 10.8. The van der Waals surface area contributed by atoms with Crippen LogP contribution in [0, 0.1) is 0 Å². The van der Waals surface area contributed by atoms with Crippen molar-refractivity contribution in [3.8, 4) is 0 Å². The largest absolute Gasteiger partial charge is 0.458 e. The van der Waals surface area contributed by atoms with Crippen LogP contribution in [-0.4, -0.2) is 52.5 Å². The van der Waals surface area contributed by atoms with Crippen molar-refractivity contribution in [2.45, 2.75) is 97.9 Å². The first kappa shape index (κ1) is 29.2. The predicted molar refractivity (Wildman–Crippen MR) is 129 cm³/mol. The van der Waals surface area contributed by atoms with E-state index in [4.69, 9.17) is 18.9 Å². The summed E-state index contributed by atoms with van der Waals surface area (Å²) >= 11 is 0.